The number of hydrogen-bond acceptors (Lipinski definition) is 5. The quantitative estimate of drug-likeness (QED) is 0.817. The summed E-state index contributed by atoms with van der Waals surface area (Å²) in [6.07, 6.45) is -1.48. The van der Waals surface area contributed by atoms with E-state index in [1.807, 2.05) is 67.6 Å². The lowest BCUT2D eigenvalue weighted by Gasteiger charge is -2.39. The molecule has 4 rings (SSSR count). The number of aliphatic hydroxyl groups is 1. The minimum absolute atomic E-state index is 0.0893. The summed E-state index contributed by atoms with van der Waals surface area (Å²) >= 11 is 0. The molecule has 2 saturated heterocycles. The van der Waals surface area contributed by atoms with Crippen LogP contribution in [0.3, 0.4) is 0 Å². The van der Waals surface area contributed by atoms with Crippen LogP contribution in [0.25, 0.3) is 0 Å². The minimum atomic E-state index is -0.749. The Morgan fingerprint density at radius 3 is 2.42 bits per heavy atom. The van der Waals surface area contributed by atoms with Crippen molar-refractivity contribution in [2.75, 3.05) is 19.6 Å². The highest BCUT2D eigenvalue weighted by atomic mass is 16.6. The molecule has 0 spiro atoms. The Morgan fingerprint density at radius 2 is 1.71 bits per heavy atom. The fraction of sp³-hybridized carbons (Fsp3) is 0.417. The second-order valence-electron chi connectivity index (χ2n) is 8.19. The van der Waals surface area contributed by atoms with Gasteiger partial charge >= 0.3 is 6.09 Å². The zero-order valence-electron chi connectivity index (χ0n) is 17.6. The van der Waals surface area contributed by atoms with Crippen LogP contribution >= 0.6 is 0 Å². The van der Waals surface area contributed by atoms with Gasteiger partial charge in [-0.05, 0) is 18.1 Å². The summed E-state index contributed by atoms with van der Waals surface area (Å²) in [5, 5.41) is 10.2. The zero-order chi connectivity index (χ0) is 21.8. The molecular weight excluding hydrogens is 396 g/mol. The molecule has 2 amide bonds. The van der Waals surface area contributed by atoms with E-state index in [1.54, 1.807) is 4.90 Å². The molecule has 2 aliphatic heterocycles. The Morgan fingerprint density at radius 1 is 1.03 bits per heavy atom. The van der Waals surface area contributed by atoms with Crippen LogP contribution in [0.15, 0.2) is 60.7 Å². The van der Waals surface area contributed by atoms with Crippen LogP contribution in [0, 0.1) is 0 Å². The Hall–Kier alpha value is -2.90. The predicted molar refractivity (Wildman–Crippen MR) is 114 cm³/mol. The molecule has 0 bridgehead atoms. The lowest BCUT2D eigenvalue weighted by Crippen LogP contribution is -2.53. The number of morpholine rings is 1. The maximum absolute atomic E-state index is 13.4. The smallest absolute Gasteiger partial charge is 0.410 e. The summed E-state index contributed by atoms with van der Waals surface area (Å²) < 4.78 is 11.5. The fourth-order valence-electron chi connectivity index (χ4n) is 4.25. The molecule has 0 aromatic heterocycles. The molecule has 7 heteroatoms. The average Bonchev–Trinajstić information content (AvgIpc) is 3.19. The van der Waals surface area contributed by atoms with Gasteiger partial charge in [0.15, 0.2) is 0 Å². The Labute approximate surface area is 182 Å². The van der Waals surface area contributed by atoms with E-state index >= 15 is 0 Å². The van der Waals surface area contributed by atoms with E-state index in [2.05, 4.69) is 0 Å². The molecule has 2 heterocycles. The summed E-state index contributed by atoms with van der Waals surface area (Å²) in [5.74, 6) is -0.177. The molecule has 7 nitrogen and oxygen atoms in total. The summed E-state index contributed by atoms with van der Waals surface area (Å²) in [5.41, 5.74) is 1.88. The maximum atomic E-state index is 13.4. The topological polar surface area (TPSA) is 79.3 Å². The van der Waals surface area contributed by atoms with Crippen molar-refractivity contribution >= 4 is 12.0 Å². The number of carbonyl (C=O) groups is 2. The lowest BCUT2D eigenvalue weighted by molar-refractivity contribution is -0.149. The van der Waals surface area contributed by atoms with Gasteiger partial charge < -0.3 is 19.5 Å². The van der Waals surface area contributed by atoms with Crippen molar-refractivity contribution in [3.63, 3.8) is 0 Å². The van der Waals surface area contributed by atoms with E-state index in [0.29, 0.717) is 13.1 Å². The first-order valence-electron chi connectivity index (χ1n) is 10.7. The zero-order valence-corrected chi connectivity index (χ0v) is 17.6. The highest BCUT2D eigenvalue weighted by Gasteiger charge is 2.43. The van der Waals surface area contributed by atoms with Gasteiger partial charge in [-0.25, -0.2) is 4.79 Å². The van der Waals surface area contributed by atoms with Gasteiger partial charge in [0.2, 0.25) is 5.91 Å². The standard InChI is InChI=1S/C24H28N2O5/c1-17-13-25(15-22(31-17)19-10-6-3-7-11-19)23(28)21-12-20(27)14-26(21)24(29)30-16-18-8-4-2-5-9-18/h2-11,17,20-22,27H,12-16H2,1H3/t17-,20-,21+,22-/m1/s1. The van der Waals surface area contributed by atoms with Gasteiger partial charge in [-0.3, -0.25) is 9.69 Å². The fourth-order valence-corrected chi connectivity index (χ4v) is 4.25. The third-order valence-electron chi connectivity index (χ3n) is 5.75. The third kappa shape index (κ3) is 5.06. The van der Waals surface area contributed by atoms with E-state index in [0.717, 1.165) is 11.1 Å². The molecule has 2 aromatic carbocycles. The second kappa shape index (κ2) is 9.49. The van der Waals surface area contributed by atoms with Crippen molar-refractivity contribution in [1.82, 2.24) is 9.80 Å². The summed E-state index contributed by atoms with van der Waals surface area (Å²) in [6, 6.07) is 18.4. The number of amides is 2. The van der Waals surface area contributed by atoms with E-state index in [9.17, 15) is 14.7 Å². The van der Waals surface area contributed by atoms with Crippen LogP contribution in [0.4, 0.5) is 4.79 Å². The number of nitrogens with zero attached hydrogens (tertiary/aromatic N) is 2. The first-order chi connectivity index (χ1) is 15.0. The second-order valence-corrected chi connectivity index (χ2v) is 8.19. The number of hydrogen-bond donors (Lipinski definition) is 1. The molecule has 0 aliphatic carbocycles. The maximum Gasteiger partial charge on any atom is 0.410 e. The van der Waals surface area contributed by atoms with Crippen molar-refractivity contribution in [1.29, 1.82) is 0 Å². The van der Waals surface area contributed by atoms with Crippen molar-refractivity contribution < 1.29 is 24.2 Å². The molecule has 1 N–H and O–H groups in total. The van der Waals surface area contributed by atoms with Crippen molar-refractivity contribution in [3.05, 3.63) is 71.8 Å². The van der Waals surface area contributed by atoms with Crippen LogP contribution < -0.4 is 0 Å². The van der Waals surface area contributed by atoms with Crippen LogP contribution in [0.2, 0.25) is 0 Å². The molecular formula is C24H28N2O5. The first-order valence-corrected chi connectivity index (χ1v) is 10.7. The van der Waals surface area contributed by atoms with Crippen molar-refractivity contribution in [2.45, 2.75) is 44.3 Å². The Bertz CT molecular complexity index is 891. The summed E-state index contributed by atoms with van der Waals surface area (Å²) in [4.78, 5) is 29.2. The average molecular weight is 424 g/mol. The molecule has 0 unspecified atom stereocenters. The molecule has 164 valence electrons. The van der Waals surface area contributed by atoms with E-state index in [1.165, 1.54) is 4.90 Å². The SMILES string of the molecule is C[C@@H]1CN(C(=O)[C@@H]2C[C@@H](O)CN2C(=O)OCc2ccccc2)C[C@H](c2ccccc2)O1. The number of β-amino-alcohol motifs (C(OH)–C–C–N with tert-alkyl or cyclic N) is 1. The van der Waals surface area contributed by atoms with Crippen molar-refractivity contribution in [3.8, 4) is 0 Å². The molecule has 4 atom stereocenters. The number of ether oxygens (including phenoxy) is 2. The normalized spacial score (nSPS) is 26.0. The summed E-state index contributed by atoms with van der Waals surface area (Å²) in [7, 11) is 0. The predicted octanol–water partition coefficient (Wildman–Crippen LogP) is 2.75. The van der Waals surface area contributed by atoms with Gasteiger partial charge in [-0.15, -0.1) is 0 Å². The van der Waals surface area contributed by atoms with Crippen molar-refractivity contribution in [2.24, 2.45) is 0 Å². The lowest BCUT2D eigenvalue weighted by atomic mass is 10.1. The van der Waals surface area contributed by atoms with Gasteiger partial charge in [0.1, 0.15) is 18.8 Å². The largest absolute Gasteiger partial charge is 0.445 e. The number of likely N-dealkylation sites (tertiary alicyclic amines) is 1. The molecule has 2 fully saturated rings. The highest BCUT2D eigenvalue weighted by Crippen LogP contribution is 2.28. The highest BCUT2D eigenvalue weighted by molar-refractivity contribution is 5.86. The molecule has 2 aliphatic rings. The summed E-state index contributed by atoms with van der Waals surface area (Å²) in [6.45, 7) is 3.00. The molecule has 2 aromatic rings. The van der Waals surface area contributed by atoms with Gasteiger partial charge in [0.25, 0.3) is 0 Å². The Balaban J connectivity index is 1.43. The number of carbonyl (C=O) groups excluding carboxylic acids is 2. The van der Waals surface area contributed by atoms with Crippen LogP contribution in [0.1, 0.15) is 30.6 Å². The van der Waals surface area contributed by atoms with Gasteiger partial charge in [0, 0.05) is 13.0 Å². The number of benzene rings is 2. The van der Waals surface area contributed by atoms with E-state index in [4.69, 9.17) is 9.47 Å². The van der Waals surface area contributed by atoms with Gasteiger partial charge in [-0.2, -0.15) is 0 Å². The molecule has 31 heavy (non-hydrogen) atoms. The van der Waals surface area contributed by atoms with Gasteiger partial charge in [0.05, 0.1) is 25.3 Å². The van der Waals surface area contributed by atoms with E-state index < -0.39 is 18.2 Å². The van der Waals surface area contributed by atoms with Crippen LogP contribution in [-0.2, 0) is 20.9 Å². The molecule has 0 saturated carbocycles. The van der Waals surface area contributed by atoms with Crippen LogP contribution in [0.5, 0.6) is 0 Å². The number of aliphatic hydroxyl groups excluding tert-OH is 1. The monoisotopic (exact) mass is 424 g/mol. The first kappa shape index (κ1) is 21.3. The Kier molecular flexibility index (Phi) is 6.53. The van der Waals surface area contributed by atoms with E-state index in [-0.39, 0.29) is 37.7 Å². The van der Waals surface area contributed by atoms with Gasteiger partial charge in [-0.1, -0.05) is 60.7 Å². The number of rotatable bonds is 4. The third-order valence-corrected chi connectivity index (χ3v) is 5.75. The minimum Gasteiger partial charge on any atom is -0.445 e. The van der Waals surface area contributed by atoms with Crippen LogP contribution in [-0.4, -0.2) is 64.8 Å². The molecule has 0 radical (unpaired) electrons.